The molecule has 1 amide bonds. The highest BCUT2D eigenvalue weighted by Gasteiger charge is 2.43. The van der Waals surface area contributed by atoms with Crippen molar-refractivity contribution in [2.75, 3.05) is 26.9 Å². The molecule has 0 radical (unpaired) electrons. The van der Waals surface area contributed by atoms with Crippen LogP contribution in [-0.4, -0.2) is 49.3 Å². The number of esters is 1. The molecule has 3 rings (SSSR count). The molecule has 8 heteroatoms. The van der Waals surface area contributed by atoms with Crippen LogP contribution in [0.2, 0.25) is 0 Å². The van der Waals surface area contributed by atoms with Gasteiger partial charge in [0.25, 0.3) is 5.91 Å². The fraction of sp³-hybridized carbons (Fsp3) is 0.444. The molecule has 0 aliphatic carbocycles. The van der Waals surface area contributed by atoms with Gasteiger partial charge in [0, 0.05) is 12.0 Å². The van der Waals surface area contributed by atoms with Crippen LogP contribution >= 0.6 is 0 Å². The number of carbonyl (C=O) groups is 2. The van der Waals surface area contributed by atoms with Crippen LogP contribution in [0.25, 0.3) is 10.9 Å². The molecule has 1 fully saturated rings. The monoisotopic (exact) mass is 364 g/mol. The summed E-state index contributed by atoms with van der Waals surface area (Å²) in [4.78, 5) is 27.9. The van der Waals surface area contributed by atoms with Gasteiger partial charge in [-0.2, -0.15) is 0 Å². The van der Waals surface area contributed by atoms with Crippen molar-refractivity contribution in [1.82, 2.24) is 10.3 Å². The number of ether oxygens (including phenoxy) is 3. The van der Waals surface area contributed by atoms with Crippen LogP contribution in [0.15, 0.2) is 18.2 Å². The molecule has 1 saturated heterocycles. The normalized spacial score (nSPS) is 20.0. The lowest BCUT2D eigenvalue weighted by Gasteiger charge is -2.35. The summed E-state index contributed by atoms with van der Waals surface area (Å²) in [5.41, 5.74) is -0.956. The summed E-state index contributed by atoms with van der Waals surface area (Å²) in [7, 11) is 1.47. The number of aromatic nitrogens is 1. The lowest BCUT2D eigenvalue weighted by atomic mass is 9.92. The van der Waals surface area contributed by atoms with Gasteiger partial charge in [-0.3, -0.25) is 4.79 Å². The first-order valence-corrected chi connectivity index (χ1v) is 8.43. The molecule has 140 valence electrons. The van der Waals surface area contributed by atoms with Crippen molar-refractivity contribution in [2.45, 2.75) is 25.3 Å². The third-order valence-corrected chi connectivity index (χ3v) is 4.43. The molecule has 2 N–H and O–H groups in total. The number of aromatic amines is 1. The lowest BCUT2D eigenvalue weighted by molar-refractivity contribution is -0.156. The summed E-state index contributed by atoms with van der Waals surface area (Å²) in [5, 5.41) is 3.17. The maximum Gasteiger partial charge on any atom is 0.334 e. The van der Waals surface area contributed by atoms with Crippen LogP contribution in [0.5, 0.6) is 5.75 Å². The fourth-order valence-electron chi connectivity index (χ4n) is 3.12. The molecule has 1 atom stereocenters. The van der Waals surface area contributed by atoms with Crippen molar-refractivity contribution in [1.29, 1.82) is 0 Å². The number of nitrogens with one attached hydrogen (secondary N) is 2. The van der Waals surface area contributed by atoms with Crippen LogP contribution in [0.1, 0.15) is 30.3 Å². The molecule has 0 bridgehead atoms. The number of fused-ring (bicyclic) bond motifs is 1. The number of hydrogen-bond acceptors (Lipinski definition) is 5. The van der Waals surface area contributed by atoms with Crippen LogP contribution in [0.4, 0.5) is 4.39 Å². The highest BCUT2D eigenvalue weighted by atomic mass is 19.1. The number of H-pyrrole nitrogens is 1. The maximum atomic E-state index is 14.0. The fourth-order valence-corrected chi connectivity index (χ4v) is 3.12. The van der Waals surface area contributed by atoms with Crippen molar-refractivity contribution >= 4 is 22.8 Å². The van der Waals surface area contributed by atoms with E-state index >= 15 is 0 Å². The Kier molecular flexibility index (Phi) is 5.13. The van der Waals surface area contributed by atoms with Gasteiger partial charge in [0.1, 0.15) is 17.3 Å². The average Bonchev–Trinajstić information content (AvgIpc) is 3.09. The number of benzene rings is 1. The molecule has 1 unspecified atom stereocenters. The number of hydrogen-bond donors (Lipinski definition) is 2. The van der Waals surface area contributed by atoms with Gasteiger partial charge in [-0.15, -0.1) is 0 Å². The van der Waals surface area contributed by atoms with Crippen LogP contribution in [-0.2, 0) is 14.3 Å². The van der Waals surface area contributed by atoms with Gasteiger partial charge in [0.2, 0.25) is 0 Å². The Hall–Kier alpha value is -2.61. The van der Waals surface area contributed by atoms with Gasteiger partial charge < -0.3 is 24.5 Å². The van der Waals surface area contributed by atoms with Crippen LogP contribution in [0, 0.1) is 5.82 Å². The van der Waals surface area contributed by atoms with Gasteiger partial charge in [-0.05, 0) is 38.0 Å². The zero-order chi connectivity index (χ0) is 18.7. The number of amides is 1. The van der Waals surface area contributed by atoms with Gasteiger partial charge in [0.05, 0.1) is 25.8 Å². The van der Waals surface area contributed by atoms with Gasteiger partial charge >= 0.3 is 5.97 Å². The van der Waals surface area contributed by atoms with E-state index in [1.807, 2.05) is 0 Å². The smallest absolute Gasteiger partial charge is 0.334 e. The van der Waals surface area contributed by atoms with Gasteiger partial charge in [-0.1, -0.05) is 0 Å². The Morgan fingerprint density at radius 3 is 2.88 bits per heavy atom. The molecule has 2 heterocycles. The minimum atomic E-state index is -1.24. The summed E-state index contributed by atoms with van der Waals surface area (Å²) >= 11 is 0. The number of carbonyl (C=O) groups excluding carboxylic acids is 2. The van der Waals surface area contributed by atoms with E-state index in [9.17, 15) is 14.0 Å². The topological polar surface area (TPSA) is 89.6 Å². The molecule has 26 heavy (non-hydrogen) atoms. The highest BCUT2D eigenvalue weighted by Crippen LogP contribution is 2.29. The predicted octanol–water partition coefficient (Wildman–Crippen LogP) is 2.16. The van der Waals surface area contributed by atoms with Gasteiger partial charge in [0.15, 0.2) is 5.54 Å². The predicted molar refractivity (Wildman–Crippen MR) is 91.7 cm³/mol. The Morgan fingerprint density at radius 1 is 1.42 bits per heavy atom. The summed E-state index contributed by atoms with van der Waals surface area (Å²) in [6.07, 6.45) is 1.03. The molecule has 1 aliphatic rings. The Labute approximate surface area is 149 Å². The standard InChI is InChI=1S/C18H21FN2O5/c1-3-26-17(23)18(7-4-8-25-10-18)21-16(22)13-9-11-14(24-2)6-5-12(19)15(11)20-13/h5-6,9,20H,3-4,7-8,10H2,1-2H3,(H,21,22). The molecule has 1 aliphatic heterocycles. The van der Waals surface area contributed by atoms with E-state index in [-0.39, 0.29) is 24.4 Å². The number of halogens is 1. The summed E-state index contributed by atoms with van der Waals surface area (Å²) in [6, 6.07) is 4.24. The molecule has 0 spiro atoms. The van der Waals surface area contributed by atoms with Gasteiger partial charge in [-0.25, -0.2) is 9.18 Å². The minimum absolute atomic E-state index is 0.0372. The zero-order valence-corrected chi connectivity index (χ0v) is 14.7. The van der Waals surface area contributed by atoms with Crippen LogP contribution < -0.4 is 10.1 Å². The van der Waals surface area contributed by atoms with Crippen molar-refractivity contribution in [3.8, 4) is 5.75 Å². The molecular formula is C18H21FN2O5. The second-order valence-electron chi connectivity index (χ2n) is 6.13. The number of rotatable bonds is 5. The first-order valence-electron chi connectivity index (χ1n) is 8.43. The first-order chi connectivity index (χ1) is 12.5. The minimum Gasteiger partial charge on any atom is -0.496 e. The summed E-state index contributed by atoms with van der Waals surface area (Å²) in [6.45, 7) is 2.45. The van der Waals surface area contributed by atoms with E-state index in [1.165, 1.54) is 25.3 Å². The third-order valence-electron chi connectivity index (χ3n) is 4.43. The molecule has 1 aromatic heterocycles. The van der Waals surface area contributed by atoms with E-state index in [2.05, 4.69) is 10.3 Å². The Balaban J connectivity index is 1.91. The van der Waals surface area contributed by atoms with E-state index in [1.54, 1.807) is 6.92 Å². The SMILES string of the molecule is CCOC(=O)C1(NC(=O)c2cc3c(OC)ccc(F)c3[nH]2)CCCOC1. The quantitative estimate of drug-likeness (QED) is 0.794. The van der Waals surface area contributed by atoms with E-state index in [0.717, 1.165) is 0 Å². The highest BCUT2D eigenvalue weighted by molar-refractivity contribution is 6.02. The Bertz CT molecular complexity index is 826. The Morgan fingerprint density at radius 2 is 2.23 bits per heavy atom. The summed E-state index contributed by atoms with van der Waals surface area (Å²) in [5.74, 6) is -1.13. The van der Waals surface area contributed by atoms with E-state index in [4.69, 9.17) is 14.2 Å². The van der Waals surface area contributed by atoms with E-state index in [0.29, 0.717) is 30.6 Å². The molecular weight excluding hydrogens is 343 g/mol. The molecule has 7 nitrogen and oxygen atoms in total. The average molecular weight is 364 g/mol. The van der Waals surface area contributed by atoms with Crippen molar-refractivity contribution < 1.29 is 28.2 Å². The molecule has 0 saturated carbocycles. The second-order valence-corrected chi connectivity index (χ2v) is 6.13. The second kappa shape index (κ2) is 7.33. The van der Waals surface area contributed by atoms with Crippen LogP contribution in [0.3, 0.4) is 0 Å². The maximum absolute atomic E-state index is 14.0. The van der Waals surface area contributed by atoms with Crippen molar-refractivity contribution in [3.05, 3.63) is 29.7 Å². The van der Waals surface area contributed by atoms with Crippen molar-refractivity contribution in [3.63, 3.8) is 0 Å². The third kappa shape index (κ3) is 3.24. The summed E-state index contributed by atoms with van der Waals surface area (Å²) < 4.78 is 29.7. The van der Waals surface area contributed by atoms with E-state index < -0.39 is 23.2 Å². The number of methoxy groups -OCH3 is 1. The lowest BCUT2D eigenvalue weighted by Crippen LogP contribution is -2.60. The first kappa shape index (κ1) is 18.2. The molecule has 1 aromatic carbocycles. The largest absolute Gasteiger partial charge is 0.496 e. The molecule has 2 aromatic rings. The van der Waals surface area contributed by atoms with Crippen molar-refractivity contribution in [2.24, 2.45) is 0 Å². The zero-order valence-electron chi connectivity index (χ0n) is 14.7.